The number of halogens is 2. The van der Waals surface area contributed by atoms with Crippen LogP contribution in [0.1, 0.15) is 5.56 Å². The largest absolute Gasteiger partial charge is 0.315 e. The Morgan fingerprint density at radius 2 is 1.92 bits per heavy atom. The van der Waals surface area contributed by atoms with Crippen LogP contribution in [0.15, 0.2) is 53.5 Å². The summed E-state index contributed by atoms with van der Waals surface area (Å²) in [7, 11) is -3.09. The topological polar surface area (TPSA) is 49.7 Å². The molecule has 2 aliphatic rings. The zero-order chi connectivity index (χ0) is 18.3. The molecular weight excluding hydrogens is 395 g/mol. The molecule has 0 bridgehead atoms. The van der Waals surface area contributed by atoms with Crippen LogP contribution in [0.5, 0.6) is 0 Å². The Kier molecular flexibility index (Phi) is 4.71. The van der Waals surface area contributed by atoms with Gasteiger partial charge in [-0.25, -0.2) is 12.8 Å². The van der Waals surface area contributed by atoms with Gasteiger partial charge >= 0.3 is 0 Å². The molecule has 2 aliphatic heterocycles. The molecule has 4 rings (SSSR count). The molecule has 0 spiro atoms. The summed E-state index contributed by atoms with van der Waals surface area (Å²) in [6, 6.07) is 13.7. The molecule has 0 unspecified atom stereocenters. The van der Waals surface area contributed by atoms with Gasteiger partial charge in [-0.2, -0.15) is 0 Å². The molecule has 2 aromatic carbocycles. The number of benzene rings is 2. The van der Waals surface area contributed by atoms with Crippen molar-refractivity contribution in [3.8, 4) is 0 Å². The van der Waals surface area contributed by atoms with Gasteiger partial charge in [-0.3, -0.25) is 4.99 Å². The number of anilines is 1. The van der Waals surface area contributed by atoms with Gasteiger partial charge in [0.15, 0.2) is 15.0 Å². The molecule has 8 heteroatoms. The van der Waals surface area contributed by atoms with Crippen LogP contribution < -0.4 is 4.90 Å². The Labute approximate surface area is 161 Å². The van der Waals surface area contributed by atoms with Crippen LogP contribution in [0.3, 0.4) is 0 Å². The van der Waals surface area contributed by atoms with E-state index in [9.17, 15) is 12.8 Å². The van der Waals surface area contributed by atoms with E-state index in [0.717, 1.165) is 5.69 Å². The van der Waals surface area contributed by atoms with Crippen molar-refractivity contribution >= 4 is 44.1 Å². The fourth-order valence-electron chi connectivity index (χ4n) is 3.33. The lowest BCUT2D eigenvalue weighted by molar-refractivity contribution is 0.601. The van der Waals surface area contributed by atoms with Crippen molar-refractivity contribution in [2.45, 2.75) is 17.8 Å². The summed E-state index contributed by atoms with van der Waals surface area (Å²) in [5.74, 6) is 0.129. The second-order valence-corrected chi connectivity index (χ2v) is 9.82. The first kappa shape index (κ1) is 17.8. The second kappa shape index (κ2) is 6.87. The van der Waals surface area contributed by atoms with Gasteiger partial charge < -0.3 is 4.90 Å². The molecule has 0 radical (unpaired) electrons. The van der Waals surface area contributed by atoms with E-state index < -0.39 is 9.84 Å². The fourth-order valence-corrected chi connectivity index (χ4v) is 6.64. The molecule has 1 fully saturated rings. The third-order valence-electron chi connectivity index (χ3n) is 4.55. The van der Waals surface area contributed by atoms with Crippen molar-refractivity contribution in [3.05, 3.63) is 64.9 Å². The summed E-state index contributed by atoms with van der Waals surface area (Å²) < 4.78 is 38.1. The standard InChI is InChI=1S/C18H16ClFN2O2S2/c19-14-7-4-8-15(20)13(14)9-25-18-21-16-10-26(23,24)11-17(16)22(18)12-5-2-1-3-6-12/h1-8,16-17H,9-11H2/t16-,17+/m0/s1. The smallest absolute Gasteiger partial charge is 0.164 e. The number of aliphatic imine (C=N–C) groups is 1. The molecule has 2 heterocycles. The predicted molar refractivity (Wildman–Crippen MR) is 105 cm³/mol. The highest BCUT2D eigenvalue weighted by Gasteiger charge is 2.47. The molecular formula is C18H16ClFN2O2S2. The molecule has 0 N–H and O–H groups in total. The van der Waals surface area contributed by atoms with Crippen LogP contribution in [-0.2, 0) is 15.6 Å². The number of fused-ring (bicyclic) bond motifs is 1. The summed E-state index contributed by atoms with van der Waals surface area (Å²) in [4.78, 5) is 6.61. The number of sulfone groups is 1. The highest BCUT2D eigenvalue weighted by Crippen LogP contribution is 2.36. The highest BCUT2D eigenvalue weighted by molar-refractivity contribution is 8.13. The monoisotopic (exact) mass is 410 g/mol. The SMILES string of the molecule is O=S1(=O)C[C@@H]2N=C(SCc3c(F)cccc3Cl)N(c3ccccc3)[C@@H]2C1. The minimum atomic E-state index is -3.09. The number of para-hydroxylation sites is 1. The van der Waals surface area contributed by atoms with Gasteiger partial charge in [0.2, 0.25) is 0 Å². The van der Waals surface area contributed by atoms with Gasteiger partial charge in [-0.1, -0.05) is 47.6 Å². The van der Waals surface area contributed by atoms with Crippen LogP contribution in [0.4, 0.5) is 10.1 Å². The van der Waals surface area contributed by atoms with E-state index in [1.54, 1.807) is 12.1 Å². The van der Waals surface area contributed by atoms with Crippen molar-refractivity contribution in [1.82, 2.24) is 0 Å². The summed E-state index contributed by atoms with van der Waals surface area (Å²) in [5.41, 5.74) is 1.32. The van der Waals surface area contributed by atoms with Gasteiger partial charge in [0, 0.05) is 22.0 Å². The zero-order valence-electron chi connectivity index (χ0n) is 13.7. The van der Waals surface area contributed by atoms with E-state index in [4.69, 9.17) is 11.6 Å². The molecule has 136 valence electrons. The van der Waals surface area contributed by atoms with E-state index in [0.29, 0.717) is 21.5 Å². The maximum atomic E-state index is 14.0. The molecule has 0 saturated carbocycles. The summed E-state index contributed by atoms with van der Waals surface area (Å²) in [5, 5.41) is 1.09. The van der Waals surface area contributed by atoms with Gasteiger partial charge in [0.25, 0.3) is 0 Å². The van der Waals surface area contributed by atoms with E-state index in [1.807, 2.05) is 35.2 Å². The highest BCUT2D eigenvalue weighted by atomic mass is 35.5. The Morgan fingerprint density at radius 1 is 1.15 bits per heavy atom. The Bertz CT molecular complexity index is 946. The van der Waals surface area contributed by atoms with Gasteiger partial charge in [0.1, 0.15) is 5.82 Å². The average Bonchev–Trinajstić information content (AvgIpc) is 3.06. The lowest BCUT2D eigenvalue weighted by atomic mass is 10.1. The molecule has 0 amide bonds. The van der Waals surface area contributed by atoms with Crippen molar-refractivity contribution in [2.75, 3.05) is 16.4 Å². The molecule has 2 aromatic rings. The van der Waals surface area contributed by atoms with E-state index in [1.165, 1.54) is 17.8 Å². The van der Waals surface area contributed by atoms with Crippen molar-refractivity contribution in [1.29, 1.82) is 0 Å². The molecule has 1 saturated heterocycles. The maximum absolute atomic E-state index is 14.0. The Morgan fingerprint density at radius 3 is 2.65 bits per heavy atom. The number of hydrogen-bond donors (Lipinski definition) is 0. The van der Waals surface area contributed by atoms with Crippen LogP contribution in [-0.4, -0.2) is 37.2 Å². The number of amidine groups is 1. The van der Waals surface area contributed by atoms with Crippen LogP contribution >= 0.6 is 23.4 Å². The molecule has 4 nitrogen and oxygen atoms in total. The third kappa shape index (κ3) is 3.35. The molecule has 0 aromatic heterocycles. The fraction of sp³-hybridized carbons (Fsp3) is 0.278. The van der Waals surface area contributed by atoms with E-state index >= 15 is 0 Å². The molecule has 2 atom stereocenters. The van der Waals surface area contributed by atoms with E-state index in [2.05, 4.69) is 4.99 Å². The normalized spacial score (nSPS) is 23.8. The number of thioether (sulfide) groups is 1. The van der Waals surface area contributed by atoms with Gasteiger partial charge in [-0.15, -0.1) is 0 Å². The third-order valence-corrected chi connectivity index (χ3v) is 7.60. The zero-order valence-corrected chi connectivity index (χ0v) is 16.1. The number of hydrogen-bond acceptors (Lipinski definition) is 5. The Hall–Kier alpha value is -1.57. The van der Waals surface area contributed by atoms with Crippen molar-refractivity contribution in [2.24, 2.45) is 4.99 Å². The quantitative estimate of drug-likeness (QED) is 0.773. The van der Waals surface area contributed by atoms with Crippen molar-refractivity contribution < 1.29 is 12.8 Å². The summed E-state index contributed by atoms with van der Waals surface area (Å²) >= 11 is 7.50. The first-order chi connectivity index (χ1) is 12.4. The molecule has 0 aliphatic carbocycles. The lowest BCUT2D eigenvalue weighted by Gasteiger charge is -2.26. The van der Waals surface area contributed by atoms with Crippen LogP contribution in [0.2, 0.25) is 5.02 Å². The van der Waals surface area contributed by atoms with Gasteiger partial charge in [0.05, 0.1) is 23.6 Å². The minimum Gasteiger partial charge on any atom is -0.315 e. The van der Waals surface area contributed by atoms with Gasteiger partial charge in [-0.05, 0) is 24.3 Å². The maximum Gasteiger partial charge on any atom is 0.164 e. The van der Waals surface area contributed by atoms with E-state index in [-0.39, 0.29) is 29.4 Å². The second-order valence-electron chi connectivity index (χ2n) is 6.32. The van der Waals surface area contributed by atoms with Crippen LogP contribution in [0, 0.1) is 5.82 Å². The van der Waals surface area contributed by atoms with Crippen molar-refractivity contribution in [3.63, 3.8) is 0 Å². The molecule has 26 heavy (non-hydrogen) atoms. The average molecular weight is 411 g/mol. The predicted octanol–water partition coefficient (Wildman–Crippen LogP) is 3.75. The van der Waals surface area contributed by atoms with Crippen LogP contribution in [0.25, 0.3) is 0 Å². The first-order valence-corrected chi connectivity index (χ1v) is 11.3. The summed E-state index contributed by atoms with van der Waals surface area (Å²) in [6.07, 6.45) is 0. The lowest BCUT2D eigenvalue weighted by Crippen LogP contribution is -2.39. The first-order valence-electron chi connectivity index (χ1n) is 8.13. The Balaban J connectivity index is 1.63. The summed E-state index contributed by atoms with van der Waals surface area (Å²) in [6.45, 7) is 0. The number of rotatable bonds is 3. The number of nitrogens with zero attached hydrogens (tertiary/aromatic N) is 2. The minimum absolute atomic E-state index is 0.0610.